The summed E-state index contributed by atoms with van der Waals surface area (Å²) in [5, 5.41) is 3.24. The first-order chi connectivity index (χ1) is 7.70. The molecule has 1 aliphatic rings. The third-order valence-corrected chi connectivity index (χ3v) is 2.58. The van der Waals surface area contributed by atoms with Crippen LogP contribution in [0.15, 0.2) is 18.2 Å². The topological polar surface area (TPSA) is 64.4 Å². The van der Waals surface area contributed by atoms with Gasteiger partial charge in [-0.1, -0.05) is 0 Å². The highest BCUT2D eigenvalue weighted by Crippen LogP contribution is 2.30. The number of carbonyl (C=O) groups is 1. The molecular weight excluding hydrogens is 204 g/mol. The highest BCUT2D eigenvalue weighted by molar-refractivity contribution is 5.97. The van der Waals surface area contributed by atoms with Gasteiger partial charge in [0.05, 0.1) is 12.2 Å². The van der Waals surface area contributed by atoms with Crippen molar-refractivity contribution in [3.05, 3.63) is 23.8 Å². The summed E-state index contributed by atoms with van der Waals surface area (Å²) in [5.74, 6) is 0.883. The molecule has 0 aliphatic carbocycles. The minimum absolute atomic E-state index is 0.0747. The van der Waals surface area contributed by atoms with E-state index in [4.69, 9.17) is 10.5 Å². The molecule has 0 saturated carbocycles. The highest BCUT2D eigenvalue weighted by Gasteiger charge is 2.16. The minimum Gasteiger partial charge on any atom is -0.487 e. The Morgan fingerprint density at radius 3 is 3.19 bits per heavy atom. The van der Waals surface area contributed by atoms with Gasteiger partial charge in [0, 0.05) is 12.0 Å². The van der Waals surface area contributed by atoms with Crippen LogP contribution in [0.4, 0.5) is 5.69 Å². The van der Waals surface area contributed by atoms with Crippen LogP contribution in [0, 0.1) is 0 Å². The van der Waals surface area contributed by atoms with Gasteiger partial charge < -0.3 is 15.8 Å². The molecule has 4 nitrogen and oxygen atoms in total. The number of carbonyl (C=O) groups excluding carboxylic acids is 1. The average molecular weight is 220 g/mol. The molecular formula is C12H16N2O2. The van der Waals surface area contributed by atoms with E-state index in [9.17, 15) is 4.79 Å². The molecule has 1 unspecified atom stereocenters. The number of Topliss-reactive ketones (excluding diaryl/α,β-unsaturated/α-hetero) is 1. The van der Waals surface area contributed by atoms with Crippen LogP contribution >= 0.6 is 0 Å². The molecule has 1 heterocycles. The molecule has 3 N–H and O–H groups in total. The molecule has 0 spiro atoms. The molecule has 1 aromatic carbocycles. The number of ketones is 1. The SMILES string of the molecule is CC1CNc2cc(C(=O)CCN)ccc2O1. The summed E-state index contributed by atoms with van der Waals surface area (Å²) in [4.78, 5) is 11.6. The van der Waals surface area contributed by atoms with E-state index in [1.165, 1.54) is 0 Å². The van der Waals surface area contributed by atoms with Crippen LogP contribution in [-0.2, 0) is 0 Å². The summed E-state index contributed by atoms with van der Waals surface area (Å²) >= 11 is 0. The number of hydrogen-bond acceptors (Lipinski definition) is 4. The fourth-order valence-corrected chi connectivity index (χ4v) is 1.73. The Balaban J connectivity index is 2.22. The Bertz CT molecular complexity index is 404. The summed E-state index contributed by atoms with van der Waals surface area (Å²) in [6.45, 7) is 3.15. The smallest absolute Gasteiger partial charge is 0.164 e. The number of fused-ring (bicyclic) bond motifs is 1. The van der Waals surface area contributed by atoms with Gasteiger partial charge in [-0.25, -0.2) is 0 Å². The molecule has 0 amide bonds. The second kappa shape index (κ2) is 4.53. The van der Waals surface area contributed by atoms with Crippen molar-refractivity contribution in [2.24, 2.45) is 5.73 Å². The molecule has 1 atom stereocenters. The summed E-state index contributed by atoms with van der Waals surface area (Å²) in [7, 11) is 0. The fraction of sp³-hybridized carbons (Fsp3) is 0.417. The Hall–Kier alpha value is -1.55. The van der Waals surface area contributed by atoms with Crippen LogP contribution in [0.2, 0.25) is 0 Å². The maximum absolute atomic E-state index is 11.6. The van der Waals surface area contributed by atoms with Crippen molar-refractivity contribution in [3.8, 4) is 5.75 Å². The van der Waals surface area contributed by atoms with E-state index in [0.29, 0.717) is 18.5 Å². The zero-order valence-electron chi connectivity index (χ0n) is 9.32. The molecule has 1 aromatic rings. The van der Waals surface area contributed by atoms with E-state index in [-0.39, 0.29) is 11.9 Å². The van der Waals surface area contributed by atoms with Crippen LogP contribution < -0.4 is 15.8 Å². The third-order valence-electron chi connectivity index (χ3n) is 2.58. The van der Waals surface area contributed by atoms with Crippen molar-refractivity contribution in [2.45, 2.75) is 19.4 Å². The molecule has 86 valence electrons. The molecule has 1 aliphatic heterocycles. The quantitative estimate of drug-likeness (QED) is 0.756. The highest BCUT2D eigenvalue weighted by atomic mass is 16.5. The van der Waals surface area contributed by atoms with Gasteiger partial charge in [0.1, 0.15) is 11.9 Å². The summed E-state index contributed by atoms with van der Waals surface area (Å²) < 4.78 is 5.63. The van der Waals surface area contributed by atoms with Gasteiger partial charge in [-0.3, -0.25) is 4.79 Å². The maximum atomic E-state index is 11.6. The van der Waals surface area contributed by atoms with E-state index in [1.54, 1.807) is 6.07 Å². The lowest BCUT2D eigenvalue weighted by Gasteiger charge is -2.25. The molecule has 0 saturated heterocycles. The normalized spacial score (nSPS) is 18.2. The van der Waals surface area contributed by atoms with Crippen LogP contribution in [0.1, 0.15) is 23.7 Å². The van der Waals surface area contributed by atoms with Gasteiger partial charge in [-0.15, -0.1) is 0 Å². The molecule has 4 heteroatoms. The summed E-state index contributed by atoms with van der Waals surface area (Å²) in [6.07, 6.45) is 0.550. The number of anilines is 1. The largest absolute Gasteiger partial charge is 0.487 e. The third kappa shape index (κ3) is 2.17. The van der Waals surface area contributed by atoms with E-state index >= 15 is 0 Å². The van der Waals surface area contributed by atoms with Crippen LogP contribution in [0.25, 0.3) is 0 Å². The van der Waals surface area contributed by atoms with Crippen molar-refractivity contribution in [1.82, 2.24) is 0 Å². The number of benzene rings is 1. The molecule has 0 bridgehead atoms. The van der Waals surface area contributed by atoms with E-state index in [2.05, 4.69) is 5.32 Å². The van der Waals surface area contributed by atoms with Gasteiger partial charge >= 0.3 is 0 Å². The Morgan fingerprint density at radius 2 is 2.44 bits per heavy atom. The lowest BCUT2D eigenvalue weighted by molar-refractivity contribution is 0.0985. The molecule has 2 rings (SSSR count). The molecule has 0 aromatic heterocycles. The Kier molecular flexibility index (Phi) is 3.10. The number of nitrogens with two attached hydrogens (primary N) is 1. The van der Waals surface area contributed by atoms with Gasteiger partial charge in [0.15, 0.2) is 5.78 Å². The first-order valence-corrected chi connectivity index (χ1v) is 5.48. The van der Waals surface area contributed by atoms with Gasteiger partial charge in [0.2, 0.25) is 0 Å². The number of ether oxygens (including phenoxy) is 1. The van der Waals surface area contributed by atoms with E-state index in [0.717, 1.165) is 18.0 Å². The van der Waals surface area contributed by atoms with Crippen molar-refractivity contribution >= 4 is 11.5 Å². The standard InChI is InChI=1S/C12H16N2O2/c1-8-7-14-10-6-9(11(15)4-5-13)2-3-12(10)16-8/h2-3,6,8,14H,4-5,7,13H2,1H3. The van der Waals surface area contributed by atoms with E-state index < -0.39 is 0 Å². The number of nitrogens with one attached hydrogen (secondary N) is 1. The van der Waals surface area contributed by atoms with Crippen LogP contribution in [0.3, 0.4) is 0 Å². The molecule has 16 heavy (non-hydrogen) atoms. The van der Waals surface area contributed by atoms with Crippen molar-refractivity contribution in [1.29, 1.82) is 0 Å². The lowest BCUT2D eigenvalue weighted by Crippen LogP contribution is -2.27. The van der Waals surface area contributed by atoms with Crippen LogP contribution in [0.5, 0.6) is 5.75 Å². The predicted molar refractivity (Wildman–Crippen MR) is 63.0 cm³/mol. The molecule has 0 radical (unpaired) electrons. The van der Waals surface area contributed by atoms with Gasteiger partial charge in [-0.2, -0.15) is 0 Å². The predicted octanol–water partition coefficient (Wildman–Crippen LogP) is 1.41. The Labute approximate surface area is 94.8 Å². The average Bonchev–Trinajstić information content (AvgIpc) is 2.28. The summed E-state index contributed by atoms with van der Waals surface area (Å²) in [6, 6.07) is 5.46. The first kappa shape index (κ1) is 11.0. The van der Waals surface area contributed by atoms with E-state index in [1.807, 2.05) is 19.1 Å². The number of rotatable bonds is 3. The monoisotopic (exact) mass is 220 g/mol. The van der Waals surface area contributed by atoms with Crippen molar-refractivity contribution < 1.29 is 9.53 Å². The second-order valence-corrected chi connectivity index (χ2v) is 3.98. The summed E-state index contributed by atoms with van der Waals surface area (Å²) in [5.41, 5.74) is 6.94. The van der Waals surface area contributed by atoms with Gasteiger partial charge in [0.25, 0.3) is 0 Å². The lowest BCUT2D eigenvalue weighted by atomic mass is 10.1. The zero-order chi connectivity index (χ0) is 11.5. The number of hydrogen-bond donors (Lipinski definition) is 2. The van der Waals surface area contributed by atoms with Gasteiger partial charge in [-0.05, 0) is 31.7 Å². The Morgan fingerprint density at radius 1 is 1.62 bits per heavy atom. The zero-order valence-corrected chi connectivity index (χ0v) is 9.32. The maximum Gasteiger partial charge on any atom is 0.164 e. The van der Waals surface area contributed by atoms with Crippen molar-refractivity contribution in [2.75, 3.05) is 18.4 Å². The minimum atomic E-state index is 0.0747. The first-order valence-electron chi connectivity index (χ1n) is 5.48. The van der Waals surface area contributed by atoms with Crippen molar-refractivity contribution in [3.63, 3.8) is 0 Å². The second-order valence-electron chi connectivity index (χ2n) is 3.98. The molecule has 0 fully saturated rings. The van der Waals surface area contributed by atoms with Crippen LogP contribution in [-0.4, -0.2) is 25.0 Å². The fourth-order valence-electron chi connectivity index (χ4n) is 1.73.